The van der Waals surface area contributed by atoms with Crippen LogP contribution in [0.4, 0.5) is 0 Å². The summed E-state index contributed by atoms with van der Waals surface area (Å²) < 4.78 is 0. The summed E-state index contributed by atoms with van der Waals surface area (Å²) in [5.41, 5.74) is 2.76. The van der Waals surface area contributed by atoms with E-state index >= 15 is 0 Å². The molecule has 0 spiro atoms. The molecule has 1 aromatic carbocycles. The Morgan fingerprint density at radius 2 is 1.90 bits per heavy atom. The van der Waals surface area contributed by atoms with Gasteiger partial charge in [0, 0.05) is 24.9 Å². The molecule has 106 valence electrons. The molecule has 3 rings (SSSR count). The summed E-state index contributed by atoms with van der Waals surface area (Å²) in [4.78, 5) is 11.2. The predicted molar refractivity (Wildman–Crippen MR) is 82.4 cm³/mol. The van der Waals surface area contributed by atoms with Crippen molar-refractivity contribution in [2.45, 2.75) is 51.1 Å². The lowest BCUT2D eigenvalue weighted by Crippen LogP contribution is -2.35. The zero-order valence-corrected chi connectivity index (χ0v) is 12.1. The Morgan fingerprint density at radius 1 is 1.20 bits per heavy atom. The zero-order valence-electron chi connectivity index (χ0n) is 12.1. The Kier molecular flexibility index (Phi) is 4.02. The SMILES string of the molecule is C/C(=C\c1ccccc1)C1CC1NC1CCC(=O)CC1. The Morgan fingerprint density at radius 3 is 2.60 bits per heavy atom. The monoisotopic (exact) mass is 269 g/mol. The van der Waals surface area contributed by atoms with Gasteiger partial charge in [-0.2, -0.15) is 0 Å². The Labute approximate surface area is 121 Å². The van der Waals surface area contributed by atoms with Gasteiger partial charge in [-0.05, 0) is 37.7 Å². The highest BCUT2D eigenvalue weighted by atomic mass is 16.1. The molecule has 2 atom stereocenters. The van der Waals surface area contributed by atoms with Crippen LogP contribution in [0.25, 0.3) is 6.08 Å². The topological polar surface area (TPSA) is 29.1 Å². The highest BCUT2D eigenvalue weighted by molar-refractivity contribution is 5.79. The van der Waals surface area contributed by atoms with Gasteiger partial charge in [-0.15, -0.1) is 0 Å². The van der Waals surface area contributed by atoms with Gasteiger partial charge in [-0.25, -0.2) is 0 Å². The summed E-state index contributed by atoms with van der Waals surface area (Å²) in [5.74, 6) is 1.13. The Bertz CT molecular complexity index is 495. The third-order valence-electron chi connectivity index (χ3n) is 4.56. The van der Waals surface area contributed by atoms with Gasteiger partial charge in [0.2, 0.25) is 0 Å². The largest absolute Gasteiger partial charge is 0.311 e. The van der Waals surface area contributed by atoms with E-state index in [1.54, 1.807) is 0 Å². The number of hydrogen-bond donors (Lipinski definition) is 1. The average molecular weight is 269 g/mol. The van der Waals surface area contributed by atoms with Crippen LogP contribution in [0.1, 0.15) is 44.6 Å². The van der Waals surface area contributed by atoms with E-state index in [0.717, 1.165) is 25.7 Å². The molecule has 1 aromatic rings. The highest BCUT2D eigenvalue weighted by Crippen LogP contribution is 2.39. The van der Waals surface area contributed by atoms with Crippen molar-refractivity contribution < 1.29 is 4.79 Å². The fourth-order valence-corrected chi connectivity index (χ4v) is 3.21. The maximum atomic E-state index is 11.2. The van der Waals surface area contributed by atoms with Crippen LogP contribution >= 0.6 is 0 Å². The molecular weight excluding hydrogens is 246 g/mol. The van der Waals surface area contributed by atoms with E-state index in [4.69, 9.17) is 0 Å². The minimum Gasteiger partial charge on any atom is -0.311 e. The zero-order chi connectivity index (χ0) is 13.9. The first-order chi connectivity index (χ1) is 9.72. The van der Waals surface area contributed by atoms with Crippen LogP contribution < -0.4 is 5.32 Å². The van der Waals surface area contributed by atoms with Crippen LogP contribution in [-0.2, 0) is 4.79 Å². The standard InChI is InChI=1S/C18H23NO/c1-13(11-14-5-3-2-4-6-14)17-12-18(17)19-15-7-9-16(20)10-8-15/h2-6,11,15,17-19H,7-10,12H2,1H3/b13-11+. The molecule has 0 heterocycles. The first-order valence-electron chi connectivity index (χ1n) is 7.73. The fourth-order valence-electron chi connectivity index (χ4n) is 3.21. The van der Waals surface area contributed by atoms with E-state index in [1.165, 1.54) is 17.6 Å². The quantitative estimate of drug-likeness (QED) is 0.905. The van der Waals surface area contributed by atoms with Crippen molar-refractivity contribution in [2.24, 2.45) is 5.92 Å². The number of Topliss-reactive ketones (excluding diaryl/α,β-unsaturated/α-hetero) is 1. The average Bonchev–Trinajstić information content (AvgIpc) is 3.22. The molecule has 0 bridgehead atoms. The smallest absolute Gasteiger partial charge is 0.133 e. The fraction of sp³-hybridized carbons (Fsp3) is 0.500. The van der Waals surface area contributed by atoms with E-state index in [0.29, 0.717) is 23.8 Å². The Balaban J connectivity index is 1.51. The maximum absolute atomic E-state index is 11.2. The predicted octanol–water partition coefficient (Wildman–Crippen LogP) is 3.58. The van der Waals surface area contributed by atoms with Gasteiger partial charge in [0.25, 0.3) is 0 Å². The number of hydrogen-bond acceptors (Lipinski definition) is 2. The first-order valence-corrected chi connectivity index (χ1v) is 7.73. The number of benzene rings is 1. The van der Waals surface area contributed by atoms with Gasteiger partial charge in [-0.1, -0.05) is 42.0 Å². The number of carbonyl (C=O) groups excluding carboxylic acids is 1. The summed E-state index contributed by atoms with van der Waals surface area (Å²) >= 11 is 0. The molecule has 0 amide bonds. The Hall–Kier alpha value is -1.41. The van der Waals surface area contributed by atoms with E-state index in [-0.39, 0.29) is 0 Å². The minimum absolute atomic E-state index is 0.440. The van der Waals surface area contributed by atoms with E-state index < -0.39 is 0 Å². The molecule has 2 unspecified atom stereocenters. The molecule has 20 heavy (non-hydrogen) atoms. The van der Waals surface area contributed by atoms with E-state index in [2.05, 4.69) is 48.6 Å². The van der Waals surface area contributed by atoms with Gasteiger partial charge in [0.1, 0.15) is 5.78 Å². The first kappa shape index (κ1) is 13.6. The molecule has 1 N–H and O–H groups in total. The second kappa shape index (κ2) is 5.92. The number of carbonyl (C=O) groups is 1. The molecule has 0 aliphatic heterocycles. The van der Waals surface area contributed by atoms with Crippen molar-refractivity contribution in [3.8, 4) is 0 Å². The van der Waals surface area contributed by atoms with Crippen LogP contribution in [0.2, 0.25) is 0 Å². The van der Waals surface area contributed by atoms with Crippen LogP contribution in [0.15, 0.2) is 35.9 Å². The lowest BCUT2D eigenvalue weighted by Gasteiger charge is -2.22. The van der Waals surface area contributed by atoms with Crippen molar-refractivity contribution in [1.29, 1.82) is 0 Å². The maximum Gasteiger partial charge on any atom is 0.133 e. The molecule has 2 aliphatic carbocycles. The van der Waals surface area contributed by atoms with Crippen molar-refractivity contribution in [1.82, 2.24) is 5.32 Å². The highest BCUT2D eigenvalue weighted by Gasteiger charge is 2.39. The second-order valence-corrected chi connectivity index (χ2v) is 6.23. The number of ketones is 1. The van der Waals surface area contributed by atoms with Crippen LogP contribution in [0.3, 0.4) is 0 Å². The van der Waals surface area contributed by atoms with Crippen molar-refractivity contribution in [2.75, 3.05) is 0 Å². The number of nitrogens with one attached hydrogen (secondary N) is 1. The summed E-state index contributed by atoms with van der Waals surface area (Å²) in [7, 11) is 0. The third kappa shape index (κ3) is 3.37. The molecule has 0 saturated heterocycles. The second-order valence-electron chi connectivity index (χ2n) is 6.23. The van der Waals surface area contributed by atoms with Crippen molar-refractivity contribution in [3.63, 3.8) is 0 Å². The summed E-state index contributed by atoms with van der Waals surface area (Å²) in [5, 5.41) is 3.74. The van der Waals surface area contributed by atoms with Gasteiger partial charge in [-0.3, -0.25) is 4.79 Å². The lowest BCUT2D eigenvalue weighted by molar-refractivity contribution is -0.120. The van der Waals surface area contributed by atoms with Crippen LogP contribution in [0.5, 0.6) is 0 Å². The normalized spacial score (nSPS) is 27.6. The van der Waals surface area contributed by atoms with Gasteiger partial charge in [0.05, 0.1) is 0 Å². The van der Waals surface area contributed by atoms with Crippen molar-refractivity contribution in [3.05, 3.63) is 41.5 Å². The molecule has 2 saturated carbocycles. The summed E-state index contributed by atoms with van der Waals surface area (Å²) in [6.45, 7) is 2.24. The molecular formula is C18H23NO. The van der Waals surface area contributed by atoms with E-state index in [9.17, 15) is 4.79 Å². The summed E-state index contributed by atoms with van der Waals surface area (Å²) in [6.07, 6.45) is 7.16. The minimum atomic E-state index is 0.440. The molecule has 2 heteroatoms. The molecule has 2 fully saturated rings. The molecule has 2 aliphatic rings. The van der Waals surface area contributed by atoms with Gasteiger partial charge < -0.3 is 5.32 Å². The van der Waals surface area contributed by atoms with E-state index in [1.807, 2.05) is 0 Å². The van der Waals surface area contributed by atoms with Crippen LogP contribution in [-0.4, -0.2) is 17.9 Å². The lowest BCUT2D eigenvalue weighted by atomic mass is 9.94. The van der Waals surface area contributed by atoms with Crippen molar-refractivity contribution >= 4 is 11.9 Å². The summed E-state index contributed by atoms with van der Waals surface area (Å²) in [6, 6.07) is 11.7. The van der Waals surface area contributed by atoms with Gasteiger partial charge in [0.15, 0.2) is 0 Å². The van der Waals surface area contributed by atoms with Gasteiger partial charge >= 0.3 is 0 Å². The number of rotatable bonds is 4. The third-order valence-corrected chi connectivity index (χ3v) is 4.56. The van der Waals surface area contributed by atoms with Crippen LogP contribution in [0, 0.1) is 5.92 Å². The molecule has 0 aromatic heterocycles. The molecule has 2 nitrogen and oxygen atoms in total. The molecule has 0 radical (unpaired) electrons.